The number of carbonyl (C=O) groups is 1. The number of hydrogen-bond acceptors (Lipinski definition) is 5. The van der Waals surface area contributed by atoms with Crippen molar-refractivity contribution < 1.29 is 9.32 Å². The van der Waals surface area contributed by atoms with E-state index in [1.54, 1.807) is 4.68 Å². The third-order valence-corrected chi connectivity index (χ3v) is 4.81. The summed E-state index contributed by atoms with van der Waals surface area (Å²) in [6, 6.07) is 4.08. The van der Waals surface area contributed by atoms with Crippen LogP contribution in [0.25, 0.3) is 0 Å². The van der Waals surface area contributed by atoms with Gasteiger partial charge in [-0.2, -0.15) is 5.10 Å². The number of hydrogen-bond donors (Lipinski definition) is 0. The molecule has 3 heterocycles. The average molecular weight is 331 g/mol. The Morgan fingerprint density at radius 1 is 1.33 bits per heavy atom. The van der Waals surface area contributed by atoms with E-state index >= 15 is 0 Å². The predicted octanol–water partition coefficient (Wildman–Crippen LogP) is 1.76. The molecule has 0 atom stereocenters. The van der Waals surface area contributed by atoms with Gasteiger partial charge >= 0.3 is 0 Å². The van der Waals surface area contributed by atoms with Gasteiger partial charge in [0.2, 0.25) is 0 Å². The Bertz CT molecular complexity index is 693. The van der Waals surface area contributed by atoms with E-state index in [9.17, 15) is 4.79 Å². The summed E-state index contributed by atoms with van der Waals surface area (Å²) in [4.78, 5) is 16.8. The average Bonchev–Trinajstić information content (AvgIpc) is 3.12. The first-order valence-electron chi connectivity index (χ1n) is 8.36. The molecule has 0 unspecified atom stereocenters. The molecule has 0 N–H and O–H groups in total. The first-order valence-corrected chi connectivity index (χ1v) is 8.36. The van der Waals surface area contributed by atoms with Crippen LogP contribution in [0.1, 0.15) is 40.5 Å². The first kappa shape index (κ1) is 16.7. The van der Waals surface area contributed by atoms with Crippen LogP contribution in [0.4, 0.5) is 0 Å². The van der Waals surface area contributed by atoms with Gasteiger partial charge in [-0.1, -0.05) is 5.16 Å². The van der Waals surface area contributed by atoms with Crippen LogP contribution in [0.15, 0.2) is 16.7 Å². The number of rotatable bonds is 4. The molecular formula is C17H25N5O2. The lowest BCUT2D eigenvalue weighted by Gasteiger charge is -2.36. The Balaban J connectivity index is 1.54. The van der Waals surface area contributed by atoms with Crippen LogP contribution in [0.5, 0.6) is 0 Å². The Labute approximate surface area is 142 Å². The van der Waals surface area contributed by atoms with Gasteiger partial charge in [-0.15, -0.1) is 0 Å². The summed E-state index contributed by atoms with van der Waals surface area (Å²) in [6.45, 7) is 6.56. The zero-order valence-corrected chi connectivity index (χ0v) is 14.8. The van der Waals surface area contributed by atoms with Gasteiger partial charge in [0, 0.05) is 45.0 Å². The molecule has 130 valence electrons. The van der Waals surface area contributed by atoms with Crippen molar-refractivity contribution in [3.63, 3.8) is 0 Å². The zero-order chi connectivity index (χ0) is 17.3. The molecule has 0 aliphatic carbocycles. The van der Waals surface area contributed by atoms with E-state index in [0.29, 0.717) is 5.69 Å². The molecule has 3 rings (SSSR count). The van der Waals surface area contributed by atoms with Crippen molar-refractivity contribution >= 4 is 5.91 Å². The molecule has 1 amide bonds. The van der Waals surface area contributed by atoms with Gasteiger partial charge in [0.1, 0.15) is 0 Å². The molecule has 0 spiro atoms. The number of aromatic nitrogens is 3. The van der Waals surface area contributed by atoms with Crippen LogP contribution < -0.4 is 0 Å². The fourth-order valence-corrected chi connectivity index (χ4v) is 3.19. The Morgan fingerprint density at radius 3 is 2.58 bits per heavy atom. The second kappa shape index (κ2) is 6.76. The molecule has 1 saturated heterocycles. The van der Waals surface area contributed by atoms with Gasteiger partial charge in [0.25, 0.3) is 5.91 Å². The van der Waals surface area contributed by atoms with Gasteiger partial charge in [-0.25, -0.2) is 0 Å². The molecule has 7 nitrogen and oxygen atoms in total. The number of carbonyl (C=O) groups excluding carboxylic acids is 1. The quantitative estimate of drug-likeness (QED) is 0.854. The maximum Gasteiger partial charge on any atom is 0.274 e. The molecule has 1 aliphatic heterocycles. The van der Waals surface area contributed by atoms with E-state index in [2.05, 4.69) is 15.2 Å². The SMILES string of the molecule is Cc1cc(CN2CCC(N(C)C(=O)c3cc(C)n(C)n3)CC2)on1. The highest BCUT2D eigenvalue weighted by atomic mass is 16.5. The van der Waals surface area contributed by atoms with E-state index in [1.165, 1.54) is 0 Å². The second-order valence-corrected chi connectivity index (χ2v) is 6.65. The predicted molar refractivity (Wildman–Crippen MR) is 89.6 cm³/mol. The van der Waals surface area contributed by atoms with Crippen molar-refractivity contribution in [2.45, 2.75) is 39.3 Å². The van der Waals surface area contributed by atoms with Gasteiger partial charge in [-0.05, 0) is 32.8 Å². The molecule has 7 heteroatoms. The molecule has 1 aliphatic rings. The minimum Gasteiger partial charge on any atom is -0.360 e. The Kier molecular flexibility index (Phi) is 4.71. The molecule has 24 heavy (non-hydrogen) atoms. The maximum atomic E-state index is 12.6. The number of aryl methyl sites for hydroxylation is 3. The summed E-state index contributed by atoms with van der Waals surface area (Å²) < 4.78 is 7.02. The van der Waals surface area contributed by atoms with E-state index < -0.39 is 0 Å². The summed E-state index contributed by atoms with van der Waals surface area (Å²) in [5, 5.41) is 8.22. The molecular weight excluding hydrogens is 306 g/mol. The van der Waals surface area contributed by atoms with Crippen LogP contribution in [0.2, 0.25) is 0 Å². The fraction of sp³-hybridized carbons (Fsp3) is 0.588. The van der Waals surface area contributed by atoms with Crippen molar-refractivity contribution in [3.8, 4) is 0 Å². The number of amides is 1. The highest BCUT2D eigenvalue weighted by Gasteiger charge is 2.27. The van der Waals surface area contributed by atoms with E-state index in [4.69, 9.17) is 4.52 Å². The van der Waals surface area contributed by atoms with Crippen molar-refractivity contribution in [3.05, 3.63) is 35.0 Å². The zero-order valence-electron chi connectivity index (χ0n) is 14.8. The van der Waals surface area contributed by atoms with Crippen molar-refractivity contribution in [2.75, 3.05) is 20.1 Å². The first-order chi connectivity index (χ1) is 11.4. The molecule has 0 radical (unpaired) electrons. The largest absolute Gasteiger partial charge is 0.360 e. The normalized spacial score (nSPS) is 16.5. The van der Waals surface area contributed by atoms with Crippen LogP contribution in [0, 0.1) is 13.8 Å². The highest BCUT2D eigenvalue weighted by Crippen LogP contribution is 2.19. The van der Waals surface area contributed by atoms with E-state index in [1.807, 2.05) is 45.0 Å². The molecule has 0 saturated carbocycles. The second-order valence-electron chi connectivity index (χ2n) is 6.65. The lowest BCUT2D eigenvalue weighted by Crippen LogP contribution is -2.45. The molecule has 0 bridgehead atoms. The van der Waals surface area contributed by atoms with E-state index in [0.717, 1.165) is 49.6 Å². The van der Waals surface area contributed by atoms with E-state index in [-0.39, 0.29) is 11.9 Å². The van der Waals surface area contributed by atoms with Gasteiger partial charge < -0.3 is 9.42 Å². The summed E-state index contributed by atoms with van der Waals surface area (Å²) in [7, 11) is 3.74. The summed E-state index contributed by atoms with van der Waals surface area (Å²) >= 11 is 0. The van der Waals surface area contributed by atoms with Crippen LogP contribution in [-0.2, 0) is 13.6 Å². The maximum absolute atomic E-state index is 12.6. The van der Waals surface area contributed by atoms with Crippen molar-refractivity contribution in [2.24, 2.45) is 7.05 Å². The molecule has 2 aromatic rings. The van der Waals surface area contributed by atoms with Gasteiger partial charge in [-0.3, -0.25) is 14.4 Å². The number of likely N-dealkylation sites (tertiary alicyclic amines) is 1. The fourth-order valence-electron chi connectivity index (χ4n) is 3.19. The monoisotopic (exact) mass is 331 g/mol. The number of nitrogens with zero attached hydrogens (tertiary/aromatic N) is 5. The Morgan fingerprint density at radius 2 is 2.04 bits per heavy atom. The van der Waals surface area contributed by atoms with Gasteiger partial charge in [0.05, 0.1) is 12.2 Å². The third kappa shape index (κ3) is 3.51. The smallest absolute Gasteiger partial charge is 0.274 e. The van der Waals surface area contributed by atoms with Crippen LogP contribution in [-0.4, -0.2) is 56.8 Å². The third-order valence-electron chi connectivity index (χ3n) is 4.81. The van der Waals surface area contributed by atoms with Gasteiger partial charge in [0.15, 0.2) is 11.5 Å². The molecule has 1 fully saturated rings. The molecule has 2 aromatic heterocycles. The minimum atomic E-state index is 0.00279. The van der Waals surface area contributed by atoms with Crippen molar-refractivity contribution in [1.29, 1.82) is 0 Å². The lowest BCUT2D eigenvalue weighted by molar-refractivity contribution is 0.0622. The van der Waals surface area contributed by atoms with Crippen LogP contribution in [0.3, 0.4) is 0 Å². The standard InChI is InChI=1S/C17H25N5O2/c1-12-9-15(24-19-12)11-22-7-5-14(6-8-22)20(3)17(23)16-10-13(2)21(4)18-16/h9-10,14H,5-8,11H2,1-4H3. The highest BCUT2D eigenvalue weighted by molar-refractivity contribution is 5.92. The molecule has 0 aromatic carbocycles. The summed E-state index contributed by atoms with van der Waals surface area (Å²) in [6.07, 6.45) is 1.92. The van der Waals surface area contributed by atoms with Crippen molar-refractivity contribution in [1.82, 2.24) is 24.7 Å². The van der Waals surface area contributed by atoms with Crippen LogP contribution >= 0.6 is 0 Å². The minimum absolute atomic E-state index is 0.00279. The summed E-state index contributed by atoms with van der Waals surface area (Å²) in [5.41, 5.74) is 2.43. The topological polar surface area (TPSA) is 67.4 Å². The Hall–Kier alpha value is -2.15. The summed E-state index contributed by atoms with van der Waals surface area (Å²) in [5.74, 6) is 0.905. The lowest BCUT2D eigenvalue weighted by atomic mass is 10.0. The number of piperidine rings is 1.